The normalized spacial score (nSPS) is 21.0. The molecule has 3 rings (SSSR count). The molecule has 1 unspecified atom stereocenters. The van der Waals surface area contributed by atoms with Crippen molar-refractivity contribution in [2.24, 2.45) is 5.73 Å². The molecule has 23 heavy (non-hydrogen) atoms. The molecule has 0 bridgehead atoms. The summed E-state index contributed by atoms with van der Waals surface area (Å²) in [6, 6.07) is 11.1. The zero-order chi connectivity index (χ0) is 16.6. The highest BCUT2D eigenvalue weighted by Gasteiger charge is 2.47. The lowest BCUT2D eigenvalue weighted by atomic mass is 9.96. The molecule has 0 saturated carbocycles. The standard InChI is InChI=1S/C18H19NO3S/c1-11(2)21-14-7-4-6-13(10-14)16-12(3)22-18(19,17(16)20)15-8-5-9-23-15/h4-11H,19H2,1-3H3. The van der Waals surface area contributed by atoms with Crippen molar-refractivity contribution in [2.45, 2.75) is 32.6 Å². The molecule has 0 spiro atoms. The van der Waals surface area contributed by atoms with E-state index in [-0.39, 0.29) is 11.9 Å². The highest BCUT2D eigenvalue weighted by Crippen LogP contribution is 2.41. The Balaban J connectivity index is 1.97. The lowest BCUT2D eigenvalue weighted by Gasteiger charge is -2.21. The first-order valence-corrected chi connectivity index (χ1v) is 8.34. The van der Waals surface area contributed by atoms with Crippen molar-refractivity contribution in [3.8, 4) is 5.75 Å². The van der Waals surface area contributed by atoms with Gasteiger partial charge in [-0.05, 0) is 49.9 Å². The van der Waals surface area contributed by atoms with E-state index in [1.54, 1.807) is 6.92 Å². The topological polar surface area (TPSA) is 61.5 Å². The van der Waals surface area contributed by atoms with Crippen molar-refractivity contribution in [1.29, 1.82) is 0 Å². The Hall–Kier alpha value is -2.11. The van der Waals surface area contributed by atoms with Crippen LogP contribution in [0.1, 0.15) is 31.2 Å². The van der Waals surface area contributed by atoms with Crippen LogP contribution in [-0.4, -0.2) is 11.9 Å². The Kier molecular flexibility index (Phi) is 4.00. The molecule has 1 aliphatic heterocycles. The molecule has 1 atom stereocenters. The second-order valence-electron chi connectivity index (χ2n) is 5.77. The van der Waals surface area contributed by atoms with Gasteiger partial charge in [-0.1, -0.05) is 18.2 Å². The molecule has 1 aromatic carbocycles. The number of hydrogen-bond acceptors (Lipinski definition) is 5. The molecule has 1 aliphatic rings. The van der Waals surface area contributed by atoms with Crippen LogP contribution < -0.4 is 10.5 Å². The van der Waals surface area contributed by atoms with Crippen LogP contribution in [0, 0.1) is 0 Å². The summed E-state index contributed by atoms with van der Waals surface area (Å²) >= 11 is 1.41. The fraction of sp³-hybridized carbons (Fsp3) is 0.278. The predicted molar refractivity (Wildman–Crippen MR) is 91.1 cm³/mol. The van der Waals surface area contributed by atoms with Gasteiger partial charge in [0.05, 0.1) is 16.6 Å². The Labute approximate surface area is 139 Å². The molecular weight excluding hydrogens is 310 g/mol. The molecule has 0 fully saturated rings. The number of nitrogens with two attached hydrogens (primary N) is 1. The van der Waals surface area contributed by atoms with Crippen LogP contribution in [0.3, 0.4) is 0 Å². The van der Waals surface area contributed by atoms with E-state index in [2.05, 4.69) is 0 Å². The van der Waals surface area contributed by atoms with E-state index in [9.17, 15) is 4.79 Å². The molecular formula is C18H19NO3S. The van der Waals surface area contributed by atoms with E-state index in [0.717, 1.165) is 11.3 Å². The second kappa shape index (κ2) is 5.83. The number of ether oxygens (including phenoxy) is 2. The number of carbonyl (C=O) groups is 1. The number of ketones is 1. The first-order chi connectivity index (χ1) is 10.9. The monoisotopic (exact) mass is 329 g/mol. The number of allylic oxidation sites excluding steroid dienone is 1. The van der Waals surface area contributed by atoms with Crippen LogP contribution in [0.15, 0.2) is 47.5 Å². The SMILES string of the molecule is CC1=C(c2cccc(OC(C)C)c2)C(=O)C(N)(c2cccs2)O1. The molecule has 2 heterocycles. The maximum atomic E-state index is 12.9. The van der Waals surface area contributed by atoms with Crippen LogP contribution in [0.5, 0.6) is 5.75 Å². The Morgan fingerprint density at radius 1 is 1.26 bits per heavy atom. The van der Waals surface area contributed by atoms with Crippen molar-refractivity contribution >= 4 is 22.7 Å². The van der Waals surface area contributed by atoms with Gasteiger partial charge < -0.3 is 9.47 Å². The van der Waals surface area contributed by atoms with Crippen LogP contribution >= 0.6 is 11.3 Å². The van der Waals surface area contributed by atoms with E-state index >= 15 is 0 Å². The zero-order valence-corrected chi connectivity index (χ0v) is 14.1. The maximum absolute atomic E-state index is 12.9. The number of carbonyl (C=O) groups excluding carboxylic acids is 1. The van der Waals surface area contributed by atoms with Crippen molar-refractivity contribution in [3.05, 3.63) is 58.0 Å². The average Bonchev–Trinajstić information content (AvgIpc) is 3.07. The lowest BCUT2D eigenvalue weighted by molar-refractivity contribution is -0.129. The van der Waals surface area contributed by atoms with Gasteiger partial charge in [0.2, 0.25) is 5.78 Å². The predicted octanol–water partition coefficient (Wildman–Crippen LogP) is 3.68. The number of benzene rings is 1. The van der Waals surface area contributed by atoms with Crippen molar-refractivity contribution in [3.63, 3.8) is 0 Å². The molecule has 2 N–H and O–H groups in total. The van der Waals surface area contributed by atoms with Crippen molar-refractivity contribution in [1.82, 2.24) is 0 Å². The minimum atomic E-state index is -1.43. The van der Waals surface area contributed by atoms with E-state index < -0.39 is 5.72 Å². The van der Waals surface area contributed by atoms with Gasteiger partial charge >= 0.3 is 0 Å². The fourth-order valence-corrected chi connectivity index (χ4v) is 3.44. The van der Waals surface area contributed by atoms with Crippen molar-refractivity contribution in [2.75, 3.05) is 0 Å². The highest BCUT2D eigenvalue weighted by molar-refractivity contribution is 7.10. The third kappa shape index (κ3) is 2.78. The summed E-state index contributed by atoms with van der Waals surface area (Å²) in [6.07, 6.45) is 0.0653. The largest absolute Gasteiger partial charge is 0.491 e. The third-order valence-electron chi connectivity index (χ3n) is 3.61. The molecule has 0 saturated heterocycles. The number of hydrogen-bond donors (Lipinski definition) is 1. The van der Waals surface area contributed by atoms with Crippen molar-refractivity contribution < 1.29 is 14.3 Å². The third-order valence-corrected chi connectivity index (χ3v) is 4.60. The molecule has 120 valence electrons. The molecule has 1 aromatic heterocycles. The number of thiophene rings is 1. The van der Waals surface area contributed by atoms with E-state index in [1.165, 1.54) is 11.3 Å². The Morgan fingerprint density at radius 3 is 2.70 bits per heavy atom. The molecule has 2 aromatic rings. The van der Waals surface area contributed by atoms with Gasteiger partial charge in [0.15, 0.2) is 0 Å². The van der Waals surface area contributed by atoms with Gasteiger partial charge in [-0.15, -0.1) is 11.3 Å². The molecule has 0 aliphatic carbocycles. The molecule has 4 nitrogen and oxygen atoms in total. The fourth-order valence-electron chi connectivity index (χ4n) is 2.67. The molecule has 0 radical (unpaired) electrons. The van der Waals surface area contributed by atoms with E-state index in [4.69, 9.17) is 15.2 Å². The second-order valence-corrected chi connectivity index (χ2v) is 6.72. The number of rotatable bonds is 4. The maximum Gasteiger partial charge on any atom is 0.257 e. The van der Waals surface area contributed by atoms with Gasteiger partial charge in [0.1, 0.15) is 11.5 Å². The summed E-state index contributed by atoms with van der Waals surface area (Å²) in [5, 5.41) is 1.88. The van der Waals surface area contributed by atoms with Gasteiger partial charge in [0.25, 0.3) is 5.72 Å². The summed E-state index contributed by atoms with van der Waals surface area (Å²) in [7, 11) is 0. The van der Waals surface area contributed by atoms with Crippen LogP contribution in [0.25, 0.3) is 5.57 Å². The summed E-state index contributed by atoms with van der Waals surface area (Å²) in [5.41, 5.74) is 6.11. The average molecular weight is 329 g/mol. The van der Waals surface area contributed by atoms with E-state index in [0.29, 0.717) is 16.2 Å². The minimum absolute atomic E-state index is 0.0653. The van der Waals surface area contributed by atoms with E-state index in [1.807, 2.05) is 55.6 Å². The minimum Gasteiger partial charge on any atom is -0.491 e. The summed E-state index contributed by atoms with van der Waals surface area (Å²) in [5.74, 6) is 1.03. The smallest absolute Gasteiger partial charge is 0.257 e. The quantitative estimate of drug-likeness (QED) is 0.929. The zero-order valence-electron chi connectivity index (χ0n) is 13.3. The van der Waals surface area contributed by atoms with Gasteiger partial charge in [0, 0.05) is 0 Å². The summed E-state index contributed by atoms with van der Waals surface area (Å²) in [6.45, 7) is 5.69. The first-order valence-electron chi connectivity index (χ1n) is 7.46. The van der Waals surface area contributed by atoms with Crippen LogP contribution in [-0.2, 0) is 15.3 Å². The lowest BCUT2D eigenvalue weighted by Crippen LogP contribution is -2.43. The molecule has 0 amide bonds. The van der Waals surface area contributed by atoms with Crippen LogP contribution in [0.2, 0.25) is 0 Å². The van der Waals surface area contributed by atoms with Gasteiger partial charge in [-0.3, -0.25) is 10.5 Å². The Bertz CT molecular complexity index is 764. The highest BCUT2D eigenvalue weighted by atomic mass is 32.1. The number of Topliss-reactive ketones (excluding diaryl/α,β-unsaturated/α-hetero) is 1. The summed E-state index contributed by atoms with van der Waals surface area (Å²) in [4.78, 5) is 13.6. The summed E-state index contributed by atoms with van der Waals surface area (Å²) < 4.78 is 11.5. The Morgan fingerprint density at radius 2 is 2.04 bits per heavy atom. The van der Waals surface area contributed by atoms with Crippen LogP contribution in [0.4, 0.5) is 0 Å². The first kappa shape index (κ1) is 15.8. The van der Waals surface area contributed by atoms with Gasteiger partial charge in [-0.2, -0.15) is 0 Å². The molecule has 5 heteroatoms. The van der Waals surface area contributed by atoms with Gasteiger partial charge in [-0.25, -0.2) is 0 Å².